The second-order valence-electron chi connectivity index (χ2n) is 4.78. The van der Waals surface area contributed by atoms with Crippen molar-refractivity contribution in [3.63, 3.8) is 0 Å². The Kier molecular flexibility index (Phi) is 5.93. The first kappa shape index (κ1) is 11.2. The summed E-state index contributed by atoms with van der Waals surface area (Å²) in [4.78, 5) is 0. The summed E-state index contributed by atoms with van der Waals surface area (Å²) in [7, 11) is -1.01. The maximum absolute atomic E-state index is 2.57. The van der Waals surface area contributed by atoms with Crippen LogP contribution in [0.25, 0.3) is 0 Å². The van der Waals surface area contributed by atoms with Crippen molar-refractivity contribution in [2.75, 3.05) is 0 Å². The summed E-state index contributed by atoms with van der Waals surface area (Å²) in [5, 5.41) is 0. The first-order valence-corrected chi connectivity index (χ1v) is 9.33. The van der Waals surface area contributed by atoms with Gasteiger partial charge in [0, 0.05) is 0 Å². The molecule has 0 radical (unpaired) electrons. The van der Waals surface area contributed by atoms with Crippen molar-refractivity contribution in [2.24, 2.45) is 0 Å². The van der Waals surface area contributed by atoms with Crippen molar-refractivity contribution in [2.45, 2.75) is 64.7 Å². The molecule has 0 aromatic carbocycles. The molecule has 70 valence electrons. The molecule has 0 N–H and O–H groups in total. The van der Waals surface area contributed by atoms with Gasteiger partial charge in [0.05, 0.1) is 0 Å². The Bertz CT molecular complexity index is 76.9. The molecule has 0 spiro atoms. The van der Waals surface area contributed by atoms with Crippen molar-refractivity contribution in [3.05, 3.63) is 0 Å². The van der Waals surface area contributed by atoms with Gasteiger partial charge in [-0.05, 0) is 0 Å². The minimum atomic E-state index is -1.01. The molecule has 0 saturated carbocycles. The summed E-state index contributed by atoms with van der Waals surface area (Å²) in [6.45, 7) is 9.74. The van der Waals surface area contributed by atoms with Gasteiger partial charge in [0.15, 0.2) is 0 Å². The number of unbranched alkanes of at least 4 members (excludes halogenated alkanes) is 2. The van der Waals surface area contributed by atoms with Crippen LogP contribution in [0, 0.1) is 0 Å². The molecule has 0 fully saturated rings. The van der Waals surface area contributed by atoms with E-state index in [0.717, 1.165) is 0 Å². The van der Waals surface area contributed by atoms with Crippen molar-refractivity contribution < 1.29 is 0 Å². The predicted molar refractivity (Wildman–Crippen MR) is 58.3 cm³/mol. The average Bonchev–Trinajstić information content (AvgIpc) is 1.97. The number of rotatable bonds is 6. The Morgan fingerprint density at radius 3 is 1.45 bits per heavy atom. The first-order chi connectivity index (χ1) is 5.12. The van der Waals surface area contributed by atoms with Crippen LogP contribution >= 0.6 is 0 Å². The molecule has 0 saturated heterocycles. The maximum atomic E-state index is 2.57. The molecule has 0 bridgehead atoms. The Hall–Kier alpha value is 0.217. The molecule has 1 heteroatoms. The third-order valence-corrected chi connectivity index (χ3v) is 6.62. The van der Waals surface area contributed by atoms with E-state index in [1.54, 1.807) is 12.1 Å². The van der Waals surface area contributed by atoms with Crippen LogP contribution in [0.5, 0.6) is 0 Å². The summed E-state index contributed by atoms with van der Waals surface area (Å²) in [6, 6.07) is 3.15. The van der Waals surface area contributed by atoms with E-state index < -0.39 is 8.07 Å². The third kappa shape index (κ3) is 6.61. The van der Waals surface area contributed by atoms with E-state index in [4.69, 9.17) is 0 Å². The van der Waals surface area contributed by atoms with Crippen LogP contribution < -0.4 is 0 Å². The van der Waals surface area contributed by atoms with Crippen LogP contribution in [0.3, 0.4) is 0 Å². The summed E-state index contributed by atoms with van der Waals surface area (Å²) in [6.07, 6.45) is 5.72. The standard InChI is InChI=1S/C10H25Si/c1-5-7-9-11(3,4)10-8-6-2/h11H,5-10H2,1-4H3/q-1. The molecule has 0 rings (SSSR count). The molecule has 0 aliphatic heterocycles. The molecule has 0 aliphatic carbocycles. The number of hydrogen-bond acceptors (Lipinski definition) is 0. The van der Waals surface area contributed by atoms with Gasteiger partial charge in [0.2, 0.25) is 0 Å². The van der Waals surface area contributed by atoms with Crippen LogP contribution in [-0.2, 0) is 0 Å². The second-order valence-corrected chi connectivity index (χ2v) is 10.9. The summed E-state index contributed by atoms with van der Waals surface area (Å²) in [5.74, 6) is 0. The minimum absolute atomic E-state index is 1.01. The fourth-order valence-electron chi connectivity index (χ4n) is 1.66. The topological polar surface area (TPSA) is 0 Å². The van der Waals surface area contributed by atoms with Crippen molar-refractivity contribution in [1.82, 2.24) is 0 Å². The summed E-state index contributed by atoms with van der Waals surface area (Å²) in [5.41, 5.74) is 0. The zero-order chi connectivity index (χ0) is 8.74. The zero-order valence-electron chi connectivity index (χ0n) is 8.82. The van der Waals surface area contributed by atoms with Crippen LogP contribution in [0.4, 0.5) is 0 Å². The van der Waals surface area contributed by atoms with E-state index >= 15 is 0 Å². The van der Waals surface area contributed by atoms with Crippen molar-refractivity contribution in [3.8, 4) is 0 Å². The monoisotopic (exact) mass is 173 g/mol. The molecule has 0 heterocycles. The van der Waals surface area contributed by atoms with Crippen LogP contribution in [-0.4, -0.2) is 8.07 Å². The zero-order valence-corrected chi connectivity index (χ0v) is 9.97. The molecule has 0 aromatic rings. The summed E-state index contributed by atoms with van der Waals surface area (Å²) < 4.78 is 0. The van der Waals surface area contributed by atoms with Gasteiger partial charge in [-0.1, -0.05) is 0 Å². The van der Waals surface area contributed by atoms with Gasteiger partial charge in [-0.3, -0.25) is 0 Å². The Balaban J connectivity index is 3.43. The van der Waals surface area contributed by atoms with Crippen molar-refractivity contribution >= 4 is 8.07 Å². The molecule has 0 amide bonds. The Morgan fingerprint density at radius 1 is 0.818 bits per heavy atom. The van der Waals surface area contributed by atoms with Crippen molar-refractivity contribution in [1.29, 1.82) is 0 Å². The second kappa shape index (κ2) is 5.82. The fraction of sp³-hybridized carbons (Fsp3) is 1.00. The van der Waals surface area contributed by atoms with Gasteiger partial charge < -0.3 is 0 Å². The van der Waals surface area contributed by atoms with E-state index in [9.17, 15) is 0 Å². The third-order valence-electron chi connectivity index (χ3n) is 2.68. The van der Waals surface area contributed by atoms with E-state index in [2.05, 4.69) is 26.9 Å². The molecular weight excluding hydrogens is 148 g/mol. The van der Waals surface area contributed by atoms with Gasteiger partial charge in [-0.2, -0.15) is 0 Å². The molecule has 0 nitrogen and oxygen atoms in total. The SMILES string of the molecule is CCCC[SiH-](C)(C)CCCC. The first-order valence-electron chi connectivity index (χ1n) is 5.39. The van der Waals surface area contributed by atoms with Gasteiger partial charge in [0.25, 0.3) is 0 Å². The fourth-order valence-corrected chi connectivity index (χ4v) is 4.97. The predicted octanol–water partition coefficient (Wildman–Crippen LogP) is 4.03. The quantitative estimate of drug-likeness (QED) is 0.532. The Morgan fingerprint density at radius 2 is 1.18 bits per heavy atom. The van der Waals surface area contributed by atoms with Crippen LogP contribution in [0.2, 0.25) is 25.2 Å². The molecule has 11 heavy (non-hydrogen) atoms. The normalized spacial score (nSPS) is 13.5. The van der Waals surface area contributed by atoms with E-state index in [1.165, 1.54) is 25.7 Å². The van der Waals surface area contributed by atoms with E-state index in [-0.39, 0.29) is 0 Å². The molecule has 0 aromatic heterocycles. The summed E-state index contributed by atoms with van der Waals surface area (Å²) >= 11 is 0. The molecule has 0 aliphatic rings. The van der Waals surface area contributed by atoms with Crippen LogP contribution in [0.1, 0.15) is 39.5 Å². The van der Waals surface area contributed by atoms with Gasteiger partial charge in [0.1, 0.15) is 0 Å². The average molecular weight is 173 g/mol. The Labute approximate surface area is 73.4 Å². The van der Waals surface area contributed by atoms with Crippen LogP contribution in [0.15, 0.2) is 0 Å². The molecule has 0 unspecified atom stereocenters. The molecule has 0 atom stereocenters. The number of hydrogen-bond donors (Lipinski definition) is 0. The van der Waals surface area contributed by atoms with E-state index in [0.29, 0.717) is 0 Å². The van der Waals surface area contributed by atoms with E-state index in [1.807, 2.05) is 0 Å². The van der Waals surface area contributed by atoms with Gasteiger partial charge >= 0.3 is 72.8 Å². The van der Waals surface area contributed by atoms with Gasteiger partial charge in [-0.25, -0.2) is 0 Å². The van der Waals surface area contributed by atoms with Gasteiger partial charge in [-0.15, -0.1) is 0 Å². The molecular formula is C10H25Si-.